The summed E-state index contributed by atoms with van der Waals surface area (Å²) in [6, 6.07) is 10.9. The van der Waals surface area contributed by atoms with Gasteiger partial charge in [-0.15, -0.1) is 34.2 Å². The molecule has 0 spiro atoms. The van der Waals surface area contributed by atoms with Crippen molar-refractivity contribution in [2.45, 2.75) is 57.5 Å². The summed E-state index contributed by atoms with van der Waals surface area (Å²) in [5.74, 6) is 2.94. The summed E-state index contributed by atoms with van der Waals surface area (Å²) < 4.78 is 2.21. The zero-order chi connectivity index (χ0) is 17.8. The van der Waals surface area contributed by atoms with Gasteiger partial charge in [0, 0.05) is 31.5 Å². The number of guanidine groups is 1. The molecule has 1 aliphatic carbocycles. The zero-order valence-electron chi connectivity index (χ0n) is 15.9. The van der Waals surface area contributed by atoms with E-state index < -0.39 is 0 Å². The first-order valence-corrected chi connectivity index (χ1v) is 9.79. The lowest BCUT2D eigenvalue weighted by atomic mass is 9.64. The van der Waals surface area contributed by atoms with Crippen LogP contribution in [0.4, 0.5) is 0 Å². The first-order chi connectivity index (χ1) is 12.8. The third kappa shape index (κ3) is 4.28. The summed E-state index contributed by atoms with van der Waals surface area (Å²) >= 11 is 0. The average Bonchev–Trinajstić information content (AvgIpc) is 3.24. The molecule has 2 aliphatic rings. The van der Waals surface area contributed by atoms with Crippen molar-refractivity contribution in [3.63, 3.8) is 0 Å². The summed E-state index contributed by atoms with van der Waals surface area (Å²) in [5.41, 5.74) is 1.68. The highest BCUT2D eigenvalue weighted by Crippen LogP contribution is 2.43. The number of rotatable bonds is 6. The molecule has 0 unspecified atom stereocenters. The maximum atomic E-state index is 4.76. The van der Waals surface area contributed by atoms with Crippen LogP contribution in [0.25, 0.3) is 0 Å². The maximum absolute atomic E-state index is 4.76. The van der Waals surface area contributed by atoms with Gasteiger partial charge in [-0.2, -0.15) is 0 Å². The molecule has 1 aromatic heterocycles. The largest absolute Gasteiger partial charge is 0.357 e. The first kappa shape index (κ1) is 20.1. The number of hydrogen-bond acceptors (Lipinski definition) is 3. The second-order valence-corrected chi connectivity index (χ2v) is 7.34. The van der Waals surface area contributed by atoms with Gasteiger partial charge in [-0.05, 0) is 31.7 Å². The highest BCUT2D eigenvalue weighted by molar-refractivity contribution is 14.0. The van der Waals surface area contributed by atoms with E-state index in [1.807, 2.05) is 0 Å². The molecule has 1 aromatic carbocycles. The number of aromatic nitrogens is 3. The van der Waals surface area contributed by atoms with E-state index in [0.717, 1.165) is 43.7 Å². The van der Waals surface area contributed by atoms with Crippen LogP contribution in [-0.2, 0) is 24.9 Å². The van der Waals surface area contributed by atoms with Gasteiger partial charge in [0.2, 0.25) is 0 Å². The van der Waals surface area contributed by atoms with E-state index in [4.69, 9.17) is 4.99 Å². The van der Waals surface area contributed by atoms with E-state index in [-0.39, 0.29) is 29.4 Å². The van der Waals surface area contributed by atoms with Crippen LogP contribution in [0.2, 0.25) is 0 Å². The SMILES string of the molecule is CCNC(=NCc1nnc2n1CCC2)NCC1(c2ccccc2)CCC1.I. The smallest absolute Gasteiger partial charge is 0.191 e. The van der Waals surface area contributed by atoms with E-state index in [9.17, 15) is 0 Å². The van der Waals surface area contributed by atoms with Gasteiger partial charge in [-0.1, -0.05) is 36.8 Å². The topological polar surface area (TPSA) is 67.1 Å². The molecule has 2 N–H and O–H groups in total. The van der Waals surface area contributed by atoms with E-state index in [2.05, 4.69) is 62.7 Å². The predicted octanol–water partition coefficient (Wildman–Crippen LogP) is 3.02. The highest BCUT2D eigenvalue weighted by Gasteiger charge is 2.38. The fraction of sp³-hybridized carbons (Fsp3) is 0.550. The Balaban J connectivity index is 0.00000210. The summed E-state index contributed by atoms with van der Waals surface area (Å²) in [6.45, 7) is 5.46. The van der Waals surface area contributed by atoms with Gasteiger partial charge in [0.25, 0.3) is 0 Å². The number of halogens is 1. The van der Waals surface area contributed by atoms with Crippen LogP contribution in [0.1, 0.15) is 49.8 Å². The van der Waals surface area contributed by atoms with Crippen LogP contribution >= 0.6 is 24.0 Å². The summed E-state index contributed by atoms with van der Waals surface area (Å²) in [5, 5.41) is 15.5. The van der Waals surface area contributed by atoms with E-state index in [1.54, 1.807) is 0 Å². The zero-order valence-corrected chi connectivity index (χ0v) is 18.3. The third-order valence-electron chi connectivity index (χ3n) is 5.70. The van der Waals surface area contributed by atoms with Crippen molar-refractivity contribution >= 4 is 29.9 Å². The number of fused-ring (bicyclic) bond motifs is 1. The van der Waals surface area contributed by atoms with Gasteiger partial charge in [0.15, 0.2) is 11.8 Å². The highest BCUT2D eigenvalue weighted by atomic mass is 127. The summed E-state index contributed by atoms with van der Waals surface area (Å²) in [6.07, 6.45) is 5.98. The molecule has 2 aromatic rings. The molecule has 0 radical (unpaired) electrons. The molecule has 1 aliphatic heterocycles. The molecule has 146 valence electrons. The van der Waals surface area contributed by atoms with Gasteiger partial charge in [0.05, 0.1) is 0 Å². The van der Waals surface area contributed by atoms with Crippen molar-refractivity contribution in [2.24, 2.45) is 4.99 Å². The minimum absolute atomic E-state index is 0. The van der Waals surface area contributed by atoms with Gasteiger partial charge in [0.1, 0.15) is 12.4 Å². The predicted molar refractivity (Wildman–Crippen MR) is 119 cm³/mol. The lowest BCUT2D eigenvalue weighted by Gasteiger charge is -2.43. The molecular formula is C20H29IN6. The Bertz CT molecular complexity index is 766. The molecule has 6 nitrogen and oxygen atoms in total. The van der Waals surface area contributed by atoms with Crippen LogP contribution in [0.3, 0.4) is 0 Å². The molecule has 0 amide bonds. The Morgan fingerprint density at radius 1 is 1.15 bits per heavy atom. The van der Waals surface area contributed by atoms with Crippen molar-refractivity contribution in [1.29, 1.82) is 0 Å². The minimum atomic E-state index is 0. The standard InChI is InChI=1S/C20H28N6.HI/c1-2-21-19(22-14-18-25-24-17-10-6-13-26(17)18)23-15-20(11-7-12-20)16-8-4-3-5-9-16;/h3-5,8-9H,2,6-7,10-15H2,1H3,(H2,21,22,23);1H. The Kier molecular flexibility index (Phi) is 6.73. The second kappa shape index (κ2) is 9.03. The number of aryl methyl sites for hydroxylation is 1. The van der Waals surface area contributed by atoms with Crippen LogP contribution in [0.5, 0.6) is 0 Å². The molecule has 7 heteroatoms. The Morgan fingerprint density at radius 2 is 1.96 bits per heavy atom. The van der Waals surface area contributed by atoms with Crippen LogP contribution in [0, 0.1) is 0 Å². The van der Waals surface area contributed by atoms with Crippen molar-refractivity contribution in [1.82, 2.24) is 25.4 Å². The lowest BCUT2D eigenvalue weighted by Crippen LogP contribution is -2.48. The minimum Gasteiger partial charge on any atom is -0.357 e. The average molecular weight is 480 g/mol. The molecule has 27 heavy (non-hydrogen) atoms. The fourth-order valence-corrected chi connectivity index (χ4v) is 4.03. The number of benzene rings is 1. The van der Waals surface area contributed by atoms with E-state index in [0.29, 0.717) is 6.54 Å². The molecule has 1 saturated carbocycles. The normalized spacial score (nSPS) is 17.6. The van der Waals surface area contributed by atoms with Gasteiger partial charge in [-0.25, -0.2) is 4.99 Å². The van der Waals surface area contributed by atoms with Gasteiger partial charge < -0.3 is 15.2 Å². The number of aliphatic imine (C=N–C) groups is 1. The first-order valence-electron chi connectivity index (χ1n) is 9.79. The van der Waals surface area contributed by atoms with Gasteiger partial charge >= 0.3 is 0 Å². The molecule has 0 atom stereocenters. The van der Waals surface area contributed by atoms with Crippen LogP contribution in [0.15, 0.2) is 35.3 Å². The number of hydrogen-bond donors (Lipinski definition) is 2. The van der Waals surface area contributed by atoms with Gasteiger partial charge in [-0.3, -0.25) is 0 Å². The lowest BCUT2D eigenvalue weighted by molar-refractivity contribution is 0.244. The molecule has 0 saturated heterocycles. The molecular weight excluding hydrogens is 451 g/mol. The van der Waals surface area contributed by atoms with Crippen LogP contribution < -0.4 is 10.6 Å². The molecule has 2 heterocycles. The quantitative estimate of drug-likeness (QED) is 0.379. The molecule has 4 rings (SSSR count). The summed E-state index contributed by atoms with van der Waals surface area (Å²) in [4.78, 5) is 4.76. The Hall–Kier alpha value is -1.64. The van der Waals surface area contributed by atoms with Crippen molar-refractivity contribution in [2.75, 3.05) is 13.1 Å². The van der Waals surface area contributed by atoms with Crippen molar-refractivity contribution in [3.8, 4) is 0 Å². The monoisotopic (exact) mass is 480 g/mol. The Morgan fingerprint density at radius 3 is 2.67 bits per heavy atom. The number of nitrogens with zero attached hydrogens (tertiary/aromatic N) is 4. The van der Waals surface area contributed by atoms with E-state index >= 15 is 0 Å². The van der Waals surface area contributed by atoms with Crippen LogP contribution in [-0.4, -0.2) is 33.8 Å². The second-order valence-electron chi connectivity index (χ2n) is 7.34. The Labute approximate surface area is 178 Å². The van der Waals surface area contributed by atoms with E-state index in [1.165, 1.54) is 31.2 Å². The summed E-state index contributed by atoms with van der Waals surface area (Å²) in [7, 11) is 0. The third-order valence-corrected chi connectivity index (χ3v) is 5.70. The van der Waals surface area contributed by atoms with Crippen molar-refractivity contribution < 1.29 is 0 Å². The molecule has 0 bridgehead atoms. The molecule has 1 fully saturated rings. The fourth-order valence-electron chi connectivity index (χ4n) is 4.03. The number of nitrogens with one attached hydrogen (secondary N) is 2. The van der Waals surface area contributed by atoms with Crippen molar-refractivity contribution in [3.05, 3.63) is 47.5 Å². The maximum Gasteiger partial charge on any atom is 0.191 e.